The van der Waals surface area contributed by atoms with E-state index >= 15 is 0 Å². The van der Waals surface area contributed by atoms with Gasteiger partial charge < -0.3 is 19.8 Å². The minimum absolute atomic E-state index is 0.167. The third-order valence-corrected chi connectivity index (χ3v) is 4.04. The van der Waals surface area contributed by atoms with Crippen LogP contribution >= 0.6 is 0 Å². The first kappa shape index (κ1) is 16.3. The van der Waals surface area contributed by atoms with Gasteiger partial charge in [-0.05, 0) is 63.4 Å². The molecule has 1 aliphatic rings. The van der Waals surface area contributed by atoms with Gasteiger partial charge in [0.25, 0.3) is 0 Å². The number of phenolic OH excluding ortho intramolecular Hbond substituents is 1. The summed E-state index contributed by atoms with van der Waals surface area (Å²) in [4.78, 5) is 2.31. The second-order valence-corrected chi connectivity index (χ2v) is 6.20. The average molecular weight is 293 g/mol. The number of nitrogens with zero attached hydrogens (tertiary/aromatic N) is 1. The lowest BCUT2D eigenvalue weighted by Gasteiger charge is -2.33. The number of aliphatic hydroxyl groups excluding tert-OH is 1. The van der Waals surface area contributed by atoms with Crippen LogP contribution in [0.3, 0.4) is 0 Å². The van der Waals surface area contributed by atoms with Crippen LogP contribution in [0, 0.1) is 0 Å². The van der Waals surface area contributed by atoms with Crippen molar-refractivity contribution in [1.29, 1.82) is 0 Å². The van der Waals surface area contributed by atoms with E-state index < -0.39 is 6.10 Å². The number of hydrogen-bond acceptors (Lipinski definition) is 4. The van der Waals surface area contributed by atoms with Crippen LogP contribution in [-0.2, 0) is 4.74 Å². The lowest BCUT2D eigenvalue weighted by atomic mass is 9.89. The minimum atomic E-state index is -0.405. The summed E-state index contributed by atoms with van der Waals surface area (Å²) in [5, 5.41) is 19.3. The molecule has 1 unspecified atom stereocenters. The second-order valence-electron chi connectivity index (χ2n) is 6.20. The number of β-amino-alcohol motifs (C(OH)–C–C–N with tert-alkyl or cyclic N) is 1. The first-order valence-electron chi connectivity index (χ1n) is 7.85. The molecule has 0 bridgehead atoms. The third kappa shape index (κ3) is 5.30. The molecule has 1 fully saturated rings. The zero-order valence-electron chi connectivity index (χ0n) is 13.0. The van der Waals surface area contributed by atoms with Gasteiger partial charge in [0.05, 0.1) is 18.8 Å². The summed E-state index contributed by atoms with van der Waals surface area (Å²) in [5.74, 6) is 0.885. The van der Waals surface area contributed by atoms with Crippen LogP contribution in [0.4, 0.5) is 0 Å². The fourth-order valence-corrected chi connectivity index (χ4v) is 2.85. The van der Waals surface area contributed by atoms with Crippen molar-refractivity contribution in [2.24, 2.45) is 0 Å². The molecule has 0 saturated carbocycles. The highest BCUT2D eigenvalue weighted by atomic mass is 16.5. The summed E-state index contributed by atoms with van der Waals surface area (Å²) < 4.78 is 5.45. The predicted octanol–water partition coefficient (Wildman–Crippen LogP) is 2.36. The van der Waals surface area contributed by atoms with E-state index in [0.717, 1.165) is 25.9 Å². The van der Waals surface area contributed by atoms with Crippen molar-refractivity contribution in [3.63, 3.8) is 0 Å². The molecule has 1 heterocycles. The molecule has 0 radical (unpaired) electrons. The highest BCUT2D eigenvalue weighted by molar-refractivity contribution is 5.28. The van der Waals surface area contributed by atoms with E-state index in [9.17, 15) is 10.2 Å². The van der Waals surface area contributed by atoms with E-state index in [-0.39, 0.29) is 6.10 Å². The smallest absolute Gasteiger partial charge is 0.115 e. The molecule has 1 saturated heterocycles. The van der Waals surface area contributed by atoms with Crippen molar-refractivity contribution in [3.8, 4) is 5.75 Å². The number of hydrogen-bond donors (Lipinski definition) is 2. The van der Waals surface area contributed by atoms with Crippen molar-refractivity contribution in [2.75, 3.05) is 26.2 Å². The van der Waals surface area contributed by atoms with Gasteiger partial charge in [0.1, 0.15) is 5.75 Å². The molecule has 0 amide bonds. The third-order valence-electron chi connectivity index (χ3n) is 4.04. The van der Waals surface area contributed by atoms with Crippen LogP contribution in [0.25, 0.3) is 0 Å². The Hall–Kier alpha value is -1.10. The van der Waals surface area contributed by atoms with Crippen LogP contribution in [0.15, 0.2) is 24.3 Å². The molecule has 2 rings (SSSR count). The molecule has 1 aromatic rings. The van der Waals surface area contributed by atoms with Crippen molar-refractivity contribution in [1.82, 2.24) is 4.90 Å². The first-order valence-corrected chi connectivity index (χ1v) is 7.85. The largest absolute Gasteiger partial charge is 0.508 e. The van der Waals surface area contributed by atoms with Crippen LogP contribution in [0.2, 0.25) is 0 Å². The topological polar surface area (TPSA) is 52.9 Å². The van der Waals surface area contributed by atoms with Gasteiger partial charge in [0, 0.05) is 6.54 Å². The monoisotopic (exact) mass is 293 g/mol. The molecule has 21 heavy (non-hydrogen) atoms. The van der Waals surface area contributed by atoms with Gasteiger partial charge in [-0.1, -0.05) is 12.1 Å². The maximum atomic E-state index is 9.97. The molecule has 0 aliphatic carbocycles. The fraction of sp³-hybridized carbons (Fsp3) is 0.647. The van der Waals surface area contributed by atoms with E-state index in [0.29, 0.717) is 24.8 Å². The lowest BCUT2D eigenvalue weighted by Crippen LogP contribution is -2.40. The molecule has 4 heteroatoms. The van der Waals surface area contributed by atoms with Crippen LogP contribution < -0.4 is 0 Å². The van der Waals surface area contributed by atoms with Gasteiger partial charge in [-0.2, -0.15) is 0 Å². The maximum absolute atomic E-state index is 9.97. The Morgan fingerprint density at radius 1 is 1.19 bits per heavy atom. The van der Waals surface area contributed by atoms with E-state index in [4.69, 9.17) is 4.74 Å². The van der Waals surface area contributed by atoms with Gasteiger partial charge in [-0.3, -0.25) is 0 Å². The Kier molecular flexibility index (Phi) is 6.03. The highest BCUT2D eigenvalue weighted by Gasteiger charge is 2.22. The Morgan fingerprint density at radius 3 is 2.38 bits per heavy atom. The fourth-order valence-electron chi connectivity index (χ4n) is 2.85. The Labute approximate surface area is 127 Å². The number of aromatic hydroxyl groups is 1. The van der Waals surface area contributed by atoms with Crippen molar-refractivity contribution >= 4 is 0 Å². The molecule has 1 aliphatic heterocycles. The van der Waals surface area contributed by atoms with E-state index in [2.05, 4.69) is 4.90 Å². The number of rotatable bonds is 6. The van der Waals surface area contributed by atoms with Gasteiger partial charge in [0.2, 0.25) is 0 Å². The SMILES string of the molecule is CC(C)OCC(O)CN1CCC(c2ccc(O)cc2)CC1. The quantitative estimate of drug-likeness (QED) is 0.845. The molecule has 2 N–H and O–H groups in total. The van der Waals surface area contributed by atoms with Gasteiger partial charge in [-0.25, -0.2) is 0 Å². The number of benzene rings is 1. The summed E-state index contributed by atoms with van der Waals surface area (Å²) in [5.41, 5.74) is 1.30. The second kappa shape index (κ2) is 7.78. The molecular formula is C17H27NO3. The van der Waals surface area contributed by atoms with E-state index in [1.165, 1.54) is 5.56 Å². The summed E-state index contributed by atoms with van der Waals surface area (Å²) in [6.07, 6.45) is 1.96. The van der Waals surface area contributed by atoms with Crippen molar-refractivity contribution in [3.05, 3.63) is 29.8 Å². The lowest BCUT2D eigenvalue weighted by molar-refractivity contribution is -0.0111. The molecule has 4 nitrogen and oxygen atoms in total. The number of phenols is 1. The molecule has 1 atom stereocenters. The highest BCUT2D eigenvalue weighted by Crippen LogP contribution is 2.28. The standard InChI is InChI=1S/C17H27NO3/c1-13(2)21-12-17(20)11-18-9-7-15(8-10-18)14-3-5-16(19)6-4-14/h3-6,13,15,17,19-20H,7-12H2,1-2H3. The number of ether oxygens (including phenoxy) is 1. The Bertz CT molecular complexity index is 411. The summed E-state index contributed by atoms with van der Waals surface area (Å²) in [6.45, 7) is 7.07. The zero-order valence-corrected chi connectivity index (χ0v) is 13.0. The van der Waals surface area contributed by atoms with Crippen molar-refractivity contribution in [2.45, 2.75) is 44.8 Å². The molecule has 1 aromatic carbocycles. The van der Waals surface area contributed by atoms with E-state index in [1.807, 2.05) is 26.0 Å². The van der Waals surface area contributed by atoms with Crippen molar-refractivity contribution < 1.29 is 14.9 Å². The Morgan fingerprint density at radius 2 is 1.81 bits per heavy atom. The number of likely N-dealkylation sites (tertiary alicyclic amines) is 1. The summed E-state index contributed by atoms with van der Waals surface area (Å²) >= 11 is 0. The van der Waals surface area contributed by atoms with Gasteiger partial charge in [-0.15, -0.1) is 0 Å². The van der Waals surface area contributed by atoms with Crippen LogP contribution in [0.5, 0.6) is 5.75 Å². The zero-order chi connectivity index (χ0) is 15.2. The average Bonchev–Trinajstić information content (AvgIpc) is 2.47. The van der Waals surface area contributed by atoms with Gasteiger partial charge >= 0.3 is 0 Å². The molecule has 118 valence electrons. The van der Waals surface area contributed by atoms with Crippen LogP contribution in [0.1, 0.15) is 38.2 Å². The minimum Gasteiger partial charge on any atom is -0.508 e. The number of aliphatic hydroxyl groups is 1. The predicted molar refractivity (Wildman–Crippen MR) is 83.6 cm³/mol. The number of piperidine rings is 1. The molecule has 0 spiro atoms. The van der Waals surface area contributed by atoms with Gasteiger partial charge in [0.15, 0.2) is 0 Å². The maximum Gasteiger partial charge on any atom is 0.115 e. The normalized spacial score (nSPS) is 19.0. The van der Waals surface area contributed by atoms with E-state index in [1.54, 1.807) is 12.1 Å². The Balaban J connectivity index is 1.74. The summed E-state index contributed by atoms with van der Waals surface area (Å²) in [6, 6.07) is 7.55. The first-order chi connectivity index (χ1) is 10.0. The molecular weight excluding hydrogens is 266 g/mol. The van der Waals surface area contributed by atoms with Crippen LogP contribution in [-0.4, -0.2) is 53.6 Å². The molecule has 0 aromatic heterocycles. The summed E-state index contributed by atoms with van der Waals surface area (Å²) in [7, 11) is 0.